The predicted octanol–water partition coefficient (Wildman–Crippen LogP) is 3.95. The first-order valence-electron chi connectivity index (χ1n) is 5.80. The molecule has 1 aromatic carbocycles. The zero-order chi connectivity index (χ0) is 12.3. The molecule has 0 fully saturated rings. The summed E-state index contributed by atoms with van der Waals surface area (Å²) >= 11 is 3.57. The number of nitrogens with zero attached hydrogens (tertiary/aromatic N) is 1. The van der Waals surface area contributed by atoms with Crippen LogP contribution in [0.2, 0.25) is 0 Å². The van der Waals surface area contributed by atoms with E-state index in [2.05, 4.69) is 54.7 Å². The Bertz CT molecular complexity index is 400. The van der Waals surface area contributed by atoms with Crippen molar-refractivity contribution in [2.24, 2.45) is 10.9 Å². The average Bonchev–Trinajstić information content (AvgIpc) is 2.35. The second-order valence-electron chi connectivity index (χ2n) is 4.32. The van der Waals surface area contributed by atoms with Crippen LogP contribution in [0.1, 0.15) is 13.8 Å². The molecule has 2 nitrogen and oxygen atoms in total. The molecule has 4 heteroatoms. The molecule has 0 radical (unpaired) electrons. The third-order valence-electron chi connectivity index (χ3n) is 2.97. The fourth-order valence-corrected chi connectivity index (χ4v) is 3.10. The van der Waals surface area contributed by atoms with Crippen LogP contribution in [-0.4, -0.2) is 23.2 Å². The normalized spacial score (nSPS) is 24.3. The Hall–Kier alpha value is -0.610. The molecular weight excluding hydrogens is 248 g/mol. The van der Waals surface area contributed by atoms with E-state index in [1.54, 1.807) is 11.8 Å². The summed E-state index contributed by atoms with van der Waals surface area (Å²) in [6.07, 6.45) is 2.09. The van der Waals surface area contributed by atoms with Gasteiger partial charge in [0.1, 0.15) is 0 Å². The van der Waals surface area contributed by atoms with Crippen LogP contribution in [0.25, 0.3) is 0 Å². The molecule has 0 spiro atoms. The minimum Gasteiger partial charge on any atom is -0.335 e. The van der Waals surface area contributed by atoms with Gasteiger partial charge < -0.3 is 5.32 Å². The van der Waals surface area contributed by atoms with Crippen molar-refractivity contribution in [2.75, 3.05) is 17.3 Å². The highest BCUT2D eigenvalue weighted by molar-refractivity contribution is 8.14. The minimum absolute atomic E-state index is 0.421. The fraction of sp³-hybridized carbons (Fsp3) is 0.462. The van der Waals surface area contributed by atoms with Crippen molar-refractivity contribution in [3.8, 4) is 0 Å². The van der Waals surface area contributed by atoms with Crippen LogP contribution >= 0.6 is 23.5 Å². The molecule has 0 saturated carbocycles. The van der Waals surface area contributed by atoms with E-state index < -0.39 is 0 Å². The standard InChI is InChI=1S/C13H18N2S2/c1-9-8-17-13(14-10(9)2)15-11-4-6-12(16-3)7-5-11/h4-7,9-10H,8H2,1-3H3,(H,14,15). The summed E-state index contributed by atoms with van der Waals surface area (Å²) in [6.45, 7) is 4.44. The Morgan fingerprint density at radius 2 is 2.00 bits per heavy atom. The van der Waals surface area contributed by atoms with Gasteiger partial charge in [-0.05, 0) is 43.4 Å². The van der Waals surface area contributed by atoms with Crippen molar-refractivity contribution in [3.63, 3.8) is 0 Å². The summed E-state index contributed by atoms with van der Waals surface area (Å²) < 4.78 is 0. The lowest BCUT2D eigenvalue weighted by Gasteiger charge is -2.23. The monoisotopic (exact) mass is 266 g/mol. The molecule has 2 rings (SSSR count). The smallest absolute Gasteiger partial charge is 0.161 e. The molecule has 1 N–H and O–H groups in total. The van der Waals surface area contributed by atoms with Gasteiger partial charge in [0.05, 0.1) is 6.04 Å². The second kappa shape index (κ2) is 5.83. The topological polar surface area (TPSA) is 24.4 Å². The molecule has 17 heavy (non-hydrogen) atoms. The molecule has 1 heterocycles. The van der Waals surface area contributed by atoms with E-state index >= 15 is 0 Å². The Labute approximate surface area is 112 Å². The van der Waals surface area contributed by atoms with Crippen LogP contribution in [0.15, 0.2) is 34.2 Å². The first-order chi connectivity index (χ1) is 8.19. The number of benzene rings is 1. The summed E-state index contributed by atoms with van der Waals surface area (Å²) in [5.74, 6) is 1.82. The first-order valence-corrected chi connectivity index (χ1v) is 8.01. The fourth-order valence-electron chi connectivity index (χ4n) is 1.57. The summed E-state index contributed by atoms with van der Waals surface area (Å²) in [5.41, 5.74) is 1.12. The largest absolute Gasteiger partial charge is 0.335 e. The first kappa shape index (κ1) is 12.8. The molecule has 0 aromatic heterocycles. The van der Waals surface area contributed by atoms with E-state index in [1.165, 1.54) is 4.90 Å². The highest BCUT2D eigenvalue weighted by Gasteiger charge is 2.18. The van der Waals surface area contributed by atoms with E-state index in [-0.39, 0.29) is 0 Å². The third-order valence-corrected chi connectivity index (χ3v) is 4.89. The van der Waals surface area contributed by atoms with Crippen molar-refractivity contribution >= 4 is 34.4 Å². The van der Waals surface area contributed by atoms with Gasteiger partial charge in [-0.25, -0.2) is 0 Å². The molecule has 1 aliphatic rings. The van der Waals surface area contributed by atoms with Gasteiger partial charge in [0, 0.05) is 16.3 Å². The van der Waals surface area contributed by atoms with Crippen molar-refractivity contribution < 1.29 is 0 Å². The second-order valence-corrected chi connectivity index (χ2v) is 6.21. The molecule has 0 bridgehead atoms. The summed E-state index contributed by atoms with van der Waals surface area (Å²) in [7, 11) is 0. The average molecular weight is 266 g/mol. The van der Waals surface area contributed by atoms with Crippen molar-refractivity contribution in [1.29, 1.82) is 0 Å². The van der Waals surface area contributed by atoms with E-state index in [0.29, 0.717) is 12.0 Å². The third kappa shape index (κ3) is 3.42. The van der Waals surface area contributed by atoms with Gasteiger partial charge in [-0.15, -0.1) is 11.8 Å². The molecule has 2 unspecified atom stereocenters. The van der Waals surface area contributed by atoms with Crippen LogP contribution in [0.4, 0.5) is 5.69 Å². The molecule has 1 aliphatic heterocycles. The van der Waals surface area contributed by atoms with E-state index in [4.69, 9.17) is 0 Å². The maximum atomic E-state index is 4.66. The number of aliphatic imine (C=N–C) groups is 1. The van der Waals surface area contributed by atoms with Gasteiger partial charge in [-0.3, -0.25) is 4.99 Å². The summed E-state index contributed by atoms with van der Waals surface area (Å²) in [6, 6.07) is 8.90. The van der Waals surface area contributed by atoms with Crippen molar-refractivity contribution in [2.45, 2.75) is 24.8 Å². The molecule has 0 amide bonds. The zero-order valence-corrected chi connectivity index (χ0v) is 12.1. The Morgan fingerprint density at radius 3 is 2.59 bits per heavy atom. The lowest BCUT2D eigenvalue weighted by Crippen LogP contribution is -2.25. The SMILES string of the molecule is CSc1ccc(NC2=NC(C)C(C)CS2)cc1. The van der Waals surface area contributed by atoms with Crippen molar-refractivity contribution in [3.05, 3.63) is 24.3 Å². The minimum atomic E-state index is 0.421. The number of rotatable bonds is 2. The van der Waals surface area contributed by atoms with E-state index in [1.807, 2.05) is 11.8 Å². The van der Waals surface area contributed by atoms with Crippen LogP contribution in [-0.2, 0) is 0 Å². The summed E-state index contributed by atoms with van der Waals surface area (Å²) in [5, 5.41) is 4.44. The maximum Gasteiger partial charge on any atom is 0.161 e. The molecule has 2 atom stereocenters. The Balaban J connectivity index is 2.03. The lowest BCUT2D eigenvalue weighted by molar-refractivity contribution is 0.537. The molecule has 0 aliphatic carbocycles. The number of amidine groups is 1. The van der Waals surface area contributed by atoms with Gasteiger partial charge in [0.25, 0.3) is 0 Å². The highest BCUT2D eigenvalue weighted by atomic mass is 32.2. The number of nitrogens with one attached hydrogen (secondary N) is 1. The van der Waals surface area contributed by atoms with Gasteiger partial charge in [-0.1, -0.05) is 18.7 Å². The van der Waals surface area contributed by atoms with Crippen LogP contribution < -0.4 is 5.32 Å². The Morgan fingerprint density at radius 1 is 1.29 bits per heavy atom. The van der Waals surface area contributed by atoms with Crippen molar-refractivity contribution in [1.82, 2.24) is 0 Å². The predicted molar refractivity (Wildman–Crippen MR) is 80.4 cm³/mol. The van der Waals surface area contributed by atoms with Gasteiger partial charge in [0.2, 0.25) is 0 Å². The number of anilines is 1. The molecule has 1 aromatic rings. The zero-order valence-electron chi connectivity index (χ0n) is 10.4. The van der Waals surface area contributed by atoms with E-state index in [9.17, 15) is 0 Å². The highest BCUT2D eigenvalue weighted by Crippen LogP contribution is 2.24. The van der Waals surface area contributed by atoms with Gasteiger partial charge >= 0.3 is 0 Å². The van der Waals surface area contributed by atoms with Gasteiger partial charge in [-0.2, -0.15) is 0 Å². The molecule has 0 saturated heterocycles. The Kier molecular flexibility index (Phi) is 4.40. The lowest BCUT2D eigenvalue weighted by atomic mass is 10.1. The molecule has 92 valence electrons. The number of thioether (sulfide) groups is 2. The number of hydrogen-bond acceptors (Lipinski definition) is 4. The maximum absolute atomic E-state index is 4.66. The quantitative estimate of drug-likeness (QED) is 0.820. The van der Waals surface area contributed by atoms with Crippen LogP contribution in [0.5, 0.6) is 0 Å². The van der Waals surface area contributed by atoms with Crippen LogP contribution in [0, 0.1) is 5.92 Å². The molecular formula is C13H18N2S2. The summed E-state index contributed by atoms with van der Waals surface area (Å²) in [4.78, 5) is 5.95. The van der Waals surface area contributed by atoms with E-state index in [0.717, 1.165) is 16.6 Å². The number of hydrogen-bond donors (Lipinski definition) is 1. The van der Waals surface area contributed by atoms with Crippen LogP contribution in [0.3, 0.4) is 0 Å². The van der Waals surface area contributed by atoms with Gasteiger partial charge in [0.15, 0.2) is 5.17 Å².